The van der Waals surface area contributed by atoms with E-state index in [4.69, 9.17) is 10.00 Å². The number of hydrogen-bond donors (Lipinski definition) is 2. The van der Waals surface area contributed by atoms with Crippen LogP contribution in [0.4, 0.5) is 0 Å². The number of amides is 1. The maximum atomic E-state index is 12.5. The molecule has 1 aromatic carbocycles. The molecule has 25 heavy (non-hydrogen) atoms. The van der Waals surface area contributed by atoms with Crippen LogP contribution >= 0.6 is 0 Å². The van der Waals surface area contributed by atoms with Crippen molar-refractivity contribution < 1.29 is 9.53 Å². The molecule has 1 heterocycles. The minimum absolute atomic E-state index is 0.122. The largest absolute Gasteiger partial charge is 0.481 e. The van der Waals surface area contributed by atoms with Gasteiger partial charge in [-0.25, -0.2) is 0 Å². The molecule has 0 aliphatic heterocycles. The Labute approximate surface area is 145 Å². The Hall–Kier alpha value is -3.07. The molecule has 1 aliphatic carbocycles. The minimum Gasteiger partial charge on any atom is -0.481 e. The van der Waals surface area contributed by atoms with Crippen molar-refractivity contribution in [1.82, 2.24) is 10.3 Å². The fourth-order valence-electron chi connectivity index (χ4n) is 3.01. The molecular weight excluding hydrogens is 318 g/mol. The fraction of sp³-hybridized carbons (Fsp3) is 0.316. The van der Waals surface area contributed by atoms with Crippen LogP contribution in [0.5, 0.6) is 5.75 Å². The van der Waals surface area contributed by atoms with Gasteiger partial charge in [0.05, 0.1) is 17.7 Å². The molecule has 1 aromatic heterocycles. The lowest BCUT2D eigenvalue weighted by Gasteiger charge is -2.27. The lowest BCUT2D eigenvalue weighted by atomic mass is 9.91. The Kier molecular flexibility index (Phi) is 4.85. The third-order valence-electron chi connectivity index (χ3n) is 4.31. The second-order valence-electron chi connectivity index (χ2n) is 6.11. The molecule has 2 atom stereocenters. The Balaban J connectivity index is 1.66. The first-order valence-electron chi connectivity index (χ1n) is 8.26. The van der Waals surface area contributed by atoms with Crippen molar-refractivity contribution >= 4 is 5.91 Å². The van der Waals surface area contributed by atoms with Gasteiger partial charge in [-0.05, 0) is 62.1 Å². The van der Waals surface area contributed by atoms with Crippen LogP contribution in [0.25, 0.3) is 0 Å². The molecule has 6 nitrogen and oxygen atoms in total. The van der Waals surface area contributed by atoms with Gasteiger partial charge in [0.25, 0.3) is 5.91 Å². The zero-order valence-electron chi connectivity index (χ0n) is 13.9. The Morgan fingerprint density at radius 3 is 2.80 bits per heavy atom. The second kappa shape index (κ2) is 7.22. The van der Waals surface area contributed by atoms with Crippen LogP contribution in [0.3, 0.4) is 0 Å². The van der Waals surface area contributed by atoms with Crippen LogP contribution in [0.1, 0.15) is 42.6 Å². The maximum Gasteiger partial charge on any atom is 0.261 e. The van der Waals surface area contributed by atoms with E-state index < -0.39 is 6.10 Å². The molecular formula is C19H19N3O3. The van der Waals surface area contributed by atoms with Gasteiger partial charge in [0, 0.05) is 11.8 Å². The van der Waals surface area contributed by atoms with E-state index >= 15 is 0 Å². The van der Waals surface area contributed by atoms with Crippen LogP contribution < -0.4 is 15.6 Å². The average Bonchev–Trinajstić information content (AvgIpc) is 2.62. The lowest BCUT2D eigenvalue weighted by molar-refractivity contribution is -0.128. The molecule has 0 radical (unpaired) electrons. The summed E-state index contributed by atoms with van der Waals surface area (Å²) in [6.45, 7) is 1.68. The topological polar surface area (TPSA) is 95.0 Å². The van der Waals surface area contributed by atoms with E-state index in [1.54, 1.807) is 37.3 Å². The van der Waals surface area contributed by atoms with Crippen molar-refractivity contribution in [2.75, 3.05) is 0 Å². The number of nitrogens with one attached hydrogen (secondary N) is 2. The zero-order valence-corrected chi connectivity index (χ0v) is 13.9. The lowest BCUT2D eigenvalue weighted by Crippen LogP contribution is -2.40. The van der Waals surface area contributed by atoms with Crippen molar-refractivity contribution in [2.24, 2.45) is 0 Å². The van der Waals surface area contributed by atoms with E-state index in [1.807, 2.05) is 6.07 Å². The maximum absolute atomic E-state index is 12.5. The van der Waals surface area contributed by atoms with E-state index in [0.717, 1.165) is 30.5 Å². The molecule has 6 heteroatoms. The summed E-state index contributed by atoms with van der Waals surface area (Å²) >= 11 is 0. The highest BCUT2D eigenvalue weighted by atomic mass is 16.5. The Morgan fingerprint density at radius 1 is 1.32 bits per heavy atom. The molecule has 2 aromatic rings. The molecule has 0 fully saturated rings. The summed E-state index contributed by atoms with van der Waals surface area (Å²) in [5, 5.41) is 11.8. The van der Waals surface area contributed by atoms with Crippen LogP contribution in [0.2, 0.25) is 0 Å². The van der Waals surface area contributed by atoms with Gasteiger partial charge in [-0.2, -0.15) is 5.26 Å². The zero-order chi connectivity index (χ0) is 17.8. The van der Waals surface area contributed by atoms with E-state index in [0.29, 0.717) is 11.3 Å². The normalized spacial score (nSPS) is 17.0. The number of aromatic nitrogens is 1. The number of H-pyrrole nitrogens is 1. The van der Waals surface area contributed by atoms with Crippen molar-refractivity contribution in [3.63, 3.8) is 0 Å². The second-order valence-corrected chi connectivity index (χ2v) is 6.11. The molecule has 2 N–H and O–H groups in total. The quantitative estimate of drug-likeness (QED) is 0.894. The summed E-state index contributed by atoms with van der Waals surface area (Å²) in [4.78, 5) is 26.7. The number of benzene rings is 1. The monoisotopic (exact) mass is 337 g/mol. The number of nitriles is 1. The number of fused-ring (bicyclic) bond motifs is 1. The van der Waals surface area contributed by atoms with Crippen molar-refractivity contribution in [3.05, 3.63) is 63.6 Å². The van der Waals surface area contributed by atoms with E-state index in [-0.39, 0.29) is 17.5 Å². The van der Waals surface area contributed by atoms with E-state index in [9.17, 15) is 9.59 Å². The average molecular weight is 337 g/mol. The molecule has 0 saturated heterocycles. The van der Waals surface area contributed by atoms with Gasteiger partial charge >= 0.3 is 0 Å². The van der Waals surface area contributed by atoms with Crippen molar-refractivity contribution in [3.8, 4) is 11.8 Å². The first-order valence-corrected chi connectivity index (χ1v) is 8.26. The number of pyridine rings is 1. The van der Waals surface area contributed by atoms with Crippen LogP contribution in [-0.4, -0.2) is 17.0 Å². The van der Waals surface area contributed by atoms with Gasteiger partial charge in [0.1, 0.15) is 5.75 Å². The highest BCUT2D eigenvalue weighted by Crippen LogP contribution is 2.27. The molecule has 0 unspecified atom stereocenters. The van der Waals surface area contributed by atoms with E-state index in [2.05, 4.69) is 10.3 Å². The molecule has 0 spiro atoms. The van der Waals surface area contributed by atoms with Gasteiger partial charge in [0.2, 0.25) is 5.56 Å². The third kappa shape index (κ3) is 3.89. The number of aromatic amines is 1. The first kappa shape index (κ1) is 16.8. The molecule has 128 valence electrons. The highest BCUT2D eigenvalue weighted by molar-refractivity contribution is 5.81. The summed E-state index contributed by atoms with van der Waals surface area (Å²) in [5.74, 6) is 0.323. The Bertz CT molecular complexity index is 865. The summed E-state index contributed by atoms with van der Waals surface area (Å²) in [7, 11) is 0. The predicted octanol–water partition coefficient (Wildman–Crippen LogP) is 2.21. The van der Waals surface area contributed by atoms with Gasteiger partial charge in [0.15, 0.2) is 6.10 Å². The number of carbonyl (C=O) groups excluding carboxylic acids is 1. The van der Waals surface area contributed by atoms with Crippen LogP contribution in [-0.2, 0) is 11.2 Å². The van der Waals surface area contributed by atoms with Crippen LogP contribution in [0, 0.1) is 11.3 Å². The summed E-state index contributed by atoms with van der Waals surface area (Å²) in [6, 6.07) is 11.8. The summed E-state index contributed by atoms with van der Waals surface area (Å²) < 4.78 is 5.64. The number of ether oxygens (including phenoxy) is 1. The number of carbonyl (C=O) groups is 1. The van der Waals surface area contributed by atoms with Gasteiger partial charge < -0.3 is 15.0 Å². The van der Waals surface area contributed by atoms with Gasteiger partial charge in [-0.15, -0.1) is 0 Å². The molecule has 1 aliphatic rings. The van der Waals surface area contributed by atoms with Gasteiger partial charge in [-0.1, -0.05) is 0 Å². The molecule has 3 rings (SSSR count). The number of rotatable bonds is 4. The van der Waals surface area contributed by atoms with Gasteiger partial charge in [-0.3, -0.25) is 9.59 Å². The third-order valence-corrected chi connectivity index (χ3v) is 4.31. The minimum atomic E-state index is -0.666. The number of nitrogens with zero attached hydrogens (tertiary/aromatic N) is 1. The van der Waals surface area contributed by atoms with Crippen LogP contribution in [0.15, 0.2) is 41.2 Å². The fourth-order valence-corrected chi connectivity index (χ4v) is 3.01. The van der Waals surface area contributed by atoms with Crippen molar-refractivity contribution in [2.45, 2.75) is 38.3 Å². The van der Waals surface area contributed by atoms with Crippen molar-refractivity contribution in [1.29, 1.82) is 5.26 Å². The summed E-state index contributed by atoms with van der Waals surface area (Å²) in [6.07, 6.45) is 1.88. The highest BCUT2D eigenvalue weighted by Gasteiger charge is 2.25. The first-order chi connectivity index (χ1) is 12.1. The smallest absolute Gasteiger partial charge is 0.261 e. The molecule has 1 amide bonds. The SMILES string of the molecule is C[C@@H](Oc1ccc(C#N)cc1)C(=O)N[C@H]1CCCc2[nH]c(=O)ccc21. The number of hydrogen-bond acceptors (Lipinski definition) is 4. The molecule has 0 saturated carbocycles. The number of aryl methyl sites for hydroxylation is 1. The summed E-state index contributed by atoms with van der Waals surface area (Å²) in [5.41, 5.74) is 2.27. The standard InChI is InChI=1S/C19H19N3O3/c1-12(25-14-7-5-13(11-20)6-8-14)19(24)22-17-4-2-3-16-15(17)9-10-18(23)21-16/h5-10,12,17H,2-4H2,1H3,(H,21,23)(H,22,24)/t12-,17+/m1/s1. The predicted molar refractivity (Wildman–Crippen MR) is 92.1 cm³/mol. The Morgan fingerprint density at radius 2 is 2.08 bits per heavy atom. The molecule has 0 bridgehead atoms. The van der Waals surface area contributed by atoms with E-state index in [1.165, 1.54) is 6.07 Å².